The lowest BCUT2D eigenvalue weighted by Gasteiger charge is -2.07. The summed E-state index contributed by atoms with van der Waals surface area (Å²) < 4.78 is 17.8. The number of hydrogen-bond donors (Lipinski definition) is 2. The highest BCUT2D eigenvalue weighted by molar-refractivity contribution is 8.15. The van der Waals surface area contributed by atoms with Gasteiger partial charge in [-0.3, -0.25) is 14.6 Å². The number of hydrogen-bond acceptors (Lipinski definition) is 5. The molecule has 1 saturated heterocycles. The van der Waals surface area contributed by atoms with Crippen LogP contribution in [0.3, 0.4) is 0 Å². The molecule has 23 heavy (non-hydrogen) atoms. The van der Waals surface area contributed by atoms with E-state index in [4.69, 9.17) is 4.74 Å². The second-order valence-corrected chi connectivity index (χ2v) is 6.28. The van der Waals surface area contributed by atoms with E-state index >= 15 is 0 Å². The van der Waals surface area contributed by atoms with Crippen LogP contribution in [-0.2, 0) is 14.3 Å². The highest BCUT2D eigenvalue weighted by atomic mass is 32.2. The zero-order valence-electron chi connectivity index (χ0n) is 12.8. The summed E-state index contributed by atoms with van der Waals surface area (Å²) in [6, 6.07) is 5.38. The summed E-state index contributed by atoms with van der Waals surface area (Å²) in [5.41, 5.74) is 0.488. The van der Waals surface area contributed by atoms with Crippen molar-refractivity contribution in [1.29, 1.82) is 0 Å². The van der Waals surface area contributed by atoms with E-state index in [0.29, 0.717) is 17.5 Å². The Labute approximate surface area is 137 Å². The molecule has 1 heterocycles. The van der Waals surface area contributed by atoms with E-state index in [9.17, 15) is 14.0 Å². The topological polar surface area (TPSA) is 79.8 Å². The first-order valence-electron chi connectivity index (χ1n) is 7.07. The van der Waals surface area contributed by atoms with Crippen LogP contribution in [-0.4, -0.2) is 42.0 Å². The van der Waals surface area contributed by atoms with Gasteiger partial charge < -0.3 is 15.4 Å². The SMILES string of the molecule is COC[C@@H](C)N=C1NC(=O)[C@H](CC(=O)Nc2ccc(F)cc2)S1. The quantitative estimate of drug-likeness (QED) is 0.828. The molecule has 0 aromatic heterocycles. The number of methoxy groups -OCH3 is 1. The van der Waals surface area contributed by atoms with E-state index in [1.807, 2.05) is 6.92 Å². The van der Waals surface area contributed by atoms with Gasteiger partial charge in [-0.2, -0.15) is 0 Å². The molecule has 2 atom stereocenters. The van der Waals surface area contributed by atoms with Crippen molar-refractivity contribution in [2.75, 3.05) is 19.0 Å². The third-order valence-electron chi connectivity index (χ3n) is 3.02. The molecule has 0 spiro atoms. The van der Waals surface area contributed by atoms with E-state index < -0.39 is 5.25 Å². The van der Waals surface area contributed by atoms with Crippen molar-refractivity contribution in [3.05, 3.63) is 30.1 Å². The fourth-order valence-electron chi connectivity index (χ4n) is 1.99. The normalized spacial score (nSPS) is 20.4. The summed E-state index contributed by atoms with van der Waals surface area (Å²) in [4.78, 5) is 28.2. The number of rotatable bonds is 6. The lowest BCUT2D eigenvalue weighted by Crippen LogP contribution is -2.28. The smallest absolute Gasteiger partial charge is 0.240 e. The van der Waals surface area contributed by atoms with Gasteiger partial charge in [0.15, 0.2) is 5.17 Å². The average molecular weight is 339 g/mol. The number of amidine groups is 1. The first-order chi connectivity index (χ1) is 11.0. The molecule has 6 nitrogen and oxygen atoms in total. The summed E-state index contributed by atoms with van der Waals surface area (Å²) in [6.45, 7) is 2.33. The maximum Gasteiger partial charge on any atom is 0.240 e. The van der Waals surface area contributed by atoms with Crippen LogP contribution in [0.25, 0.3) is 0 Å². The standard InChI is InChI=1S/C15H18FN3O3S/c1-9(8-22-2)17-15-19-14(21)12(23-15)7-13(20)18-11-5-3-10(16)4-6-11/h3-6,9,12H,7-8H2,1-2H3,(H,18,20)(H,17,19,21)/t9-,12+/m1/s1. The number of anilines is 1. The third kappa shape index (κ3) is 5.33. The molecule has 1 aliphatic heterocycles. The summed E-state index contributed by atoms with van der Waals surface area (Å²) in [6.07, 6.45) is 0.0194. The predicted molar refractivity (Wildman–Crippen MR) is 87.9 cm³/mol. The van der Waals surface area contributed by atoms with Crippen molar-refractivity contribution in [2.24, 2.45) is 4.99 Å². The van der Waals surface area contributed by atoms with Gasteiger partial charge in [-0.05, 0) is 31.2 Å². The van der Waals surface area contributed by atoms with E-state index in [1.165, 1.54) is 36.0 Å². The van der Waals surface area contributed by atoms with E-state index in [2.05, 4.69) is 15.6 Å². The molecule has 1 aromatic rings. The van der Waals surface area contributed by atoms with Crippen molar-refractivity contribution in [3.8, 4) is 0 Å². The molecule has 1 fully saturated rings. The number of ether oxygens (including phenoxy) is 1. The molecule has 2 N–H and O–H groups in total. The number of carbonyl (C=O) groups excluding carboxylic acids is 2. The summed E-state index contributed by atoms with van der Waals surface area (Å²) in [5.74, 6) is -0.928. The van der Waals surface area contributed by atoms with Crippen molar-refractivity contribution >= 4 is 34.4 Å². The molecule has 1 aliphatic rings. The minimum Gasteiger partial charge on any atom is -0.382 e. The highest BCUT2D eigenvalue weighted by Gasteiger charge is 2.32. The van der Waals surface area contributed by atoms with Gasteiger partial charge in [0.05, 0.1) is 12.6 Å². The van der Waals surface area contributed by atoms with Crippen LogP contribution in [0.2, 0.25) is 0 Å². The Hall–Kier alpha value is -1.93. The molecule has 124 valence electrons. The molecule has 8 heteroatoms. The number of amides is 2. The first kappa shape index (κ1) is 17.4. The first-order valence-corrected chi connectivity index (χ1v) is 7.95. The second kappa shape index (κ2) is 8.07. The fraction of sp³-hybridized carbons (Fsp3) is 0.400. The number of thioether (sulfide) groups is 1. The van der Waals surface area contributed by atoms with Gasteiger partial charge in [0.25, 0.3) is 0 Å². The van der Waals surface area contributed by atoms with Crippen LogP contribution < -0.4 is 10.6 Å². The Morgan fingerprint density at radius 1 is 1.48 bits per heavy atom. The Kier molecular flexibility index (Phi) is 6.12. The third-order valence-corrected chi connectivity index (χ3v) is 4.12. The number of aliphatic imine (C=N–C) groups is 1. The van der Waals surface area contributed by atoms with Crippen molar-refractivity contribution < 1.29 is 18.7 Å². The summed E-state index contributed by atoms with van der Waals surface area (Å²) >= 11 is 1.23. The lowest BCUT2D eigenvalue weighted by molar-refractivity contribution is -0.122. The van der Waals surface area contributed by atoms with Crippen LogP contribution in [0.1, 0.15) is 13.3 Å². The van der Waals surface area contributed by atoms with Gasteiger partial charge in [0.2, 0.25) is 11.8 Å². The largest absolute Gasteiger partial charge is 0.382 e. The molecule has 2 rings (SSSR count). The average Bonchev–Trinajstić information content (AvgIpc) is 2.81. The lowest BCUT2D eigenvalue weighted by atomic mass is 10.2. The van der Waals surface area contributed by atoms with Crippen LogP contribution in [0.4, 0.5) is 10.1 Å². The molecular formula is C15H18FN3O3S. The number of nitrogens with one attached hydrogen (secondary N) is 2. The van der Waals surface area contributed by atoms with Gasteiger partial charge in [-0.25, -0.2) is 4.39 Å². The van der Waals surface area contributed by atoms with Gasteiger partial charge >= 0.3 is 0 Å². The molecule has 0 unspecified atom stereocenters. The van der Waals surface area contributed by atoms with Crippen molar-refractivity contribution in [1.82, 2.24) is 5.32 Å². The van der Waals surface area contributed by atoms with Crippen LogP contribution >= 0.6 is 11.8 Å². The second-order valence-electron chi connectivity index (χ2n) is 5.09. The number of carbonyl (C=O) groups is 2. The monoisotopic (exact) mass is 339 g/mol. The minimum atomic E-state index is -0.524. The Balaban J connectivity index is 1.88. The van der Waals surface area contributed by atoms with Gasteiger partial charge in [0, 0.05) is 19.2 Å². The Morgan fingerprint density at radius 2 is 2.17 bits per heavy atom. The highest BCUT2D eigenvalue weighted by Crippen LogP contribution is 2.23. The van der Waals surface area contributed by atoms with E-state index in [0.717, 1.165) is 0 Å². The minimum absolute atomic E-state index is 0.0194. The van der Waals surface area contributed by atoms with Gasteiger partial charge in [0.1, 0.15) is 11.1 Å². The Bertz CT molecular complexity index is 606. The molecule has 0 bridgehead atoms. The molecule has 0 aliphatic carbocycles. The Morgan fingerprint density at radius 3 is 2.83 bits per heavy atom. The molecule has 2 amide bonds. The van der Waals surface area contributed by atoms with Crippen LogP contribution in [0, 0.1) is 5.82 Å². The van der Waals surface area contributed by atoms with Crippen LogP contribution in [0.15, 0.2) is 29.3 Å². The molecule has 1 aromatic carbocycles. The van der Waals surface area contributed by atoms with E-state index in [1.54, 1.807) is 7.11 Å². The maximum atomic E-state index is 12.8. The van der Waals surface area contributed by atoms with Crippen molar-refractivity contribution in [3.63, 3.8) is 0 Å². The number of benzene rings is 1. The zero-order chi connectivity index (χ0) is 16.8. The van der Waals surface area contributed by atoms with Gasteiger partial charge in [-0.15, -0.1) is 0 Å². The number of nitrogens with zero attached hydrogens (tertiary/aromatic N) is 1. The summed E-state index contributed by atoms with van der Waals surface area (Å²) in [5, 5.41) is 5.27. The predicted octanol–water partition coefficient (Wildman–Crippen LogP) is 1.78. The molecule has 0 radical (unpaired) electrons. The van der Waals surface area contributed by atoms with Gasteiger partial charge in [-0.1, -0.05) is 11.8 Å². The number of halogens is 1. The van der Waals surface area contributed by atoms with E-state index in [-0.39, 0.29) is 30.1 Å². The fourth-order valence-corrected chi connectivity index (χ4v) is 3.06. The maximum absolute atomic E-state index is 12.8. The van der Waals surface area contributed by atoms with Crippen molar-refractivity contribution in [2.45, 2.75) is 24.6 Å². The molecule has 0 saturated carbocycles. The molecular weight excluding hydrogens is 321 g/mol. The summed E-state index contributed by atoms with van der Waals surface area (Å²) in [7, 11) is 1.58. The zero-order valence-corrected chi connectivity index (χ0v) is 13.7. The van der Waals surface area contributed by atoms with Crippen LogP contribution in [0.5, 0.6) is 0 Å².